The molecule has 0 spiro atoms. The number of benzene rings is 1. The molecule has 0 atom stereocenters. The molecule has 0 aliphatic heterocycles. The zero-order chi connectivity index (χ0) is 16.0. The molecule has 0 amide bonds. The lowest BCUT2D eigenvalue weighted by molar-refractivity contribution is 0.654. The summed E-state index contributed by atoms with van der Waals surface area (Å²) in [6, 6.07) is 11.2. The van der Waals surface area contributed by atoms with Gasteiger partial charge >= 0.3 is 0 Å². The van der Waals surface area contributed by atoms with E-state index in [-0.39, 0.29) is 5.43 Å². The molecule has 0 saturated heterocycles. The summed E-state index contributed by atoms with van der Waals surface area (Å²) >= 11 is 0. The molecule has 3 aromatic heterocycles. The highest BCUT2D eigenvalue weighted by molar-refractivity contribution is 5.97. The van der Waals surface area contributed by atoms with Gasteiger partial charge in [0.1, 0.15) is 5.58 Å². The van der Waals surface area contributed by atoms with E-state index in [1.165, 1.54) is 0 Å². The molecule has 0 radical (unpaired) electrons. The minimum Gasteiger partial charge on any atom is -0.453 e. The van der Waals surface area contributed by atoms with Gasteiger partial charge in [0.15, 0.2) is 5.58 Å². The van der Waals surface area contributed by atoms with Gasteiger partial charge < -0.3 is 4.42 Å². The standard InChI is InChI=1S/C19H14N2O2/c1-11-5-4-9-21-16(11)13-6-3-7-14-17(22)15-8-10-20-12(2)18(15)23-19(13)14/h3-10H,1-2H3. The van der Waals surface area contributed by atoms with Crippen molar-refractivity contribution in [3.8, 4) is 11.3 Å². The second kappa shape index (κ2) is 5.02. The second-order valence-corrected chi connectivity index (χ2v) is 5.56. The van der Waals surface area contributed by atoms with Crippen LogP contribution in [0.5, 0.6) is 0 Å². The number of hydrogen-bond acceptors (Lipinski definition) is 4. The summed E-state index contributed by atoms with van der Waals surface area (Å²) in [6.07, 6.45) is 3.38. The fourth-order valence-corrected chi connectivity index (χ4v) is 2.89. The van der Waals surface area contributed by atoms with Crippen LogP contribution in [0.3, 0.4) is 0 Å². The molecular weight excluding hydrogens is 288 g/mol. The van der Waals surface area contributed by atoms with Gasteiger partial charge in [-0.1, -0.05) is 12.1 Å². The van der Waals surface area contributed by atoms with Crippen molar-refractivity contribution in [2.45, 2.75) is 13.8 Å². The Balaban J connectivity index is 2.20. The van der Waals surface area contributed by atoms with E-state index in [2.05, 4.69) is 9.97 Å². The molecule has 4 nitrogen and oxygen atoms in total. The Morgan fingerprint density at radius 1 is 0.870 bits per heavy atom. The van der Waals surface area contributed by atoms with Crippen LogP contribution in [0, 0.1) is 13.8 Å². The number of para-hydroxylation sites is 1. The molecule has 0 aliphatic rings. The monoisotopic (exact) mass is 302 g/mol. The van der Waals surface area contributed by atoms with E-state index >= 15 is 0 Å². The first-order valence-electron chi connectivity index (χ1n) is 7.40. The van der Waals surface area contributed by atoms with Crippen molar-refractivity contribution in [3.05, 3.63) is 70.3 Å². The Kier molecular flexibility index (Phi) is 2.98. The van der Waals surface area contributed by atoms with Crippen LogP contribution in [0.1, 0.15) is 11.3 Å². The quantitative estimate of drug-likeness (QED) is 0.498. The van der Waals surface area contributed by atoms with E-state index < -0.39 is 0 Å². The van der Waals surface area contributed by atoms with Crippen LogP contribution in [-0.4, -0.2) is 9.97 Å². The summed E-state index contributed by atoms with van der Waals surface area (Å²) in [7, 11) is 0. The Morgan fingerprint density at radius 3 is 2.52 bits per heavy atom. The third kappa shape index (κ3) is 2.03. The molecule has 23 heavy (non-hydrogen) atoms. The minimum atomic E-state index is -0.0396. The van der Waals surface area contributed by atoms with E-state index in [1.807, 2.05) is 38.1 Å². The molecule has 1 aromatic carbocycles. The van der Waals surface area contributed by atoms with Gasteiger partial charge in [-0.25, -0.2) is 0 Å². The summed E-state index contributed by atoms with van der Waals surface area (Å²) in [4.78, 5) is 21.5. The van der Waals surface area contributed by atoms with Crippen LogP contribution >= 0.6 is 0 Å². The fourth-order valence-electron chi connectivity index (χ4n) is 2.89. The Labute approximate surface area is 132 Å². The summed E-state index contributed by atoms with van der Waals surface area (Å²) in [5.74, 6) is 0. The van der Waals surface area contributed by atoms with Gasteiger partial charge in [-0.2, -0.15) is 0 Å². The predicted molar refractivity (Wildman–Crippen MR) is 90.5 cm³/mol. The Bertz CT molecular complexity index is 1110. The average Bonchev–Trinajstić information content (AvgIpc) is 2.56. The Morgan fingerprint density at radius 2 is 1.70 bits per heavy atom. The van der Waals surface area contributed by atoms with Gasteiger partial charge in [0, 0.05) is 18.0 Å². The first-order valence-corrected chi connectivity index (χ1v) is 7.40. The largest absolute Gasteiger partial charge is 0.453 e. The summed E-state index contributed by atoms with van der Waals surface area (Å²) in [5, 5.41) is 1.12. The molecule has 4 heteroatoms. The molecular formula is C19H14N2O2. The van der Waals surface area contributed by atoms with Crippen LogP contribution < -0.4 is 5.43 Å². The van der Waals surface area contributed by atoms with Gasteiger partial charge in [0.2, 0.25) is 5.43 Å². The van der Waals surface area contributed by atoms with E-state index in [9.17, 15) is 4.79 Å². The van der Waals surface area contributed by atoms with E-state index in [0.717, 1.165) is 16.8 Å². The number of aromatic nitrogens is 2. The SMILES string of the molecule is Cc1cccnc1-c1cccc2c(=O)c3ccnc(C)c3oc12. The zero-order valence-electron chi connectivity index (χ0n) is 12.8. The maximum absolute atomic E-state index is 12.8. The van der Waals surface area contributed by atoms with Crippen molar-refractivity contribution in [1.82, 2.24) is 9.97 Å². The molecule has 0 aliphatic carbocycles. The maximum atomic E-state index is 12.8. The highest BCUT2D eigenvalue weighted by Gasteiger charge is 2.15. The third-order valence-electron chi connectivity index (χ3n) is 4.06. The molecule has 4 aromatic rings. The van der Waals surface area contributed by atoms with Crippen molar-refractivity contribution >= 4 is 21.9 Å². The number of rotatable bonds is 1. The lowest BCUT2D eigenvalue weighted by atomic mass is 10.0. The molecule has 112 valence electrons. The van der Waals surface area contributed by atoms with Crippen LogP contribution in [0.2, 0.25) is 0 Å². The summed E-state index contributed by atoms with van der Waals surface area (Å²) in [6.45, 7) is 3.83. The van der Waals surface area contributed by atoms with Crippen molar-refractivity contribution in [2.75, 3.05) is 0 Å². The van der Waals surface area contributed by atoms with Crippen LogP contribution in [0.15, 0.2) is 58.0 Å². The number of hydrogen-bond donors (Lipinski definition) is 0. The highest BCUT2D eigenvalue weighted by Crippen LogP contribution is 2.30. The molecule has 0 fully saturated rings. The lowest BCUT2D eigenvalue weighted by Crippen LogP contribution is -2.04. The van der Waals surface area contributed by atoms with Crippen molar-refractivity contribution in [2.24, 2.45) is 0 Å². The normalized spacial score (nSPS) is 11.2. The highest BCUT2D eigenvalue weighted by atomic mass is 16.3. The Hall–Kier alpha value is -3.01. The van der Waals surface area contributed by atoms with E-state index in [4.69, 9.17) is 4.42 Å². The van der Waals surface area contributed by atoms with Gasteiger partial charge in [-0.15, -0.1) is 0 Å². The minimum absolute atomic E-state index is 0.0396. The molecule has 3 heterocycles. The fraction of sp³-hybridized carbons (Fsp3) is 0.105. The van der Waals surface area contributed by atoms with Crippen LogP contribution in [0.4, 0.5) is 0 Å². The third-order valence-corrected chi connectivity index (χ3v) is 4.06. The van der Waals surface area contributed by atoms with E-state index in [0.29, 0.717) is 27.6 Å². The smallest absolute Gasteiger partial charge is 0.200 e. The number of pyridine rings is 2. The first-order chi connectivity index (χ1) is 11.2. The summed E-state index contributed by atoms with van der Waals surface area (Å²) < 4.78 is 6.10. The summed E-state index contributed by atoms with van der Waals surface area (Å²) in [5.41, 5.74) is 4.43. The molecule has 0 saturated carbocycles. The second-order valence-electron chi connectivity index (χ2n) is 5.56. The van der Waals surface area contributed by atoms with Crippen LogP contribution in [-0.2, 0) is 0 Å². The van der Waals surface area contributed by atoms with Gasteiger partial charge in [-0.05, 0) is 43.7 Å². The topological polar surface area (TPSA) is 56.0 Å². The van der Waals surface area contributed by atoms with Crippen molar-refractivity contribution in [3.63, 3.8) is 0 Å². The van der Waals surface area contributed by atoms with E-state index in [1.54, 1.807) is 24.5 Å². The van der Waals surface area contributed by atoms with Crippen molar-refractivity contribution < 1.29 is 4.42 Å². The van der Waals surface area contributed by atoms with Crippen molar-refractivity contribution in [1.29, 1.82) is 0 Å². The molecule has 0 bridgehead atoms. The maximum Gasteiger partial charge on any atom is 0.200 e. The number of nitrogens with zero attached hydrogens (tertiary/aromatic N) is 2. The first kappa shape index (κ1) is 13.6. The van der Waals surface area contributed by atoms with Crippen LogP contribution in [0.25, 0.3) is 33.2 Å². The number of aryl methyl sites for hydroxylation is 2. The lowest BCUT2D eigenvalue weighted by Gasteiger charge is -2.09. The van der Waals surface area contributed by atoms with Gasteiger partial charge in [0.25, 0.3) is 0 Å². The number of fused-ring (bicyclic) bond motifs is 2. The van der Waals surface area contributed by atoms with Gasteiger partial charge in [-0.3, -0.25) is 14.8 Å². The predicted octanol–water partition coefficient (Wildman–Crippen LogP) is 4.02. The molecule has 0 N–H and O–H groups in total. The molecule has 4 rings (SSSR count). The van der Waals surface area contributed by atoms with Gasteiger partial charge in [0.05, 0.1) is 22.2 Å². The average molecular weight is 302 g/mol. The molecule has 0 unspecified atom stereocenters. The zero-order valence-corrected chi connectivity index (χ0v) is 12.8.